The van der Waals surface area contributed by atoms with E-state index in [1.807, 2.05) is 12.1 Å². The summed E-state index contributed by atoms with van der Waals surface area (Å²) in [5.74, 6) is 0. The Kier molecular flexibility index (Phi) is 3.91. The molecule has 0 aliphatic carbocycles. The summed E-state index contributed by atoms with van der Waals surface area (Å²) in [6, 6.07) is 8.41. The third-order valence-electron chi connectivity index (χ3n) is 2.30. The normalized spacial score (nSPS) is 10.3. The number of hydrogen-bond acceptors (Lipinski definition) is 5. The van der Waals surface area contributed by atoms with Crippen LogP contribution in [0.1, 0.15) is 5.56 Å². The number of nitro groups is 1. The molecule has 6 heteroatoms. The second kappa shape index (κ2) is 5.61. The molecular weight excluding hydrogens is 252 g/mol. The molecular formula is C12H10N2O3S. The van der Waals surface area contributed by atoms with Gasteiger partial charge in [-0.15, -0.1) is 0 Å². The predicted molar refractivity (Wildman–Crippen MR) is 67.4 cm³/mol. The fourth-order valence-electron chi connectivity index (χ4n) is 1.47. The van der Waals surface area contributed by atoms with Crippen LogP contribution in [-0.2, 0) is 6.61 Å². The van der Waals surface area contributed by atoms with Crippen LogP contribution in [0, 0.1) is 10.1 Å². The van der Waals surface area contributed by atoms with E-state index in [1.165, 1.54) is 17.8 Å². The Morgan fingerprint density at radius 1 is 1.22 bits per heavy atom. The molecule has 0 radical (unpaired) electrons. The number of benzene rings is 1. The minimum atomic E-state index is -0.494. The van der Waals surface area contributed by atoms with Gasteiger partial charge in [0.15, 0.2) is 0 Å². The van der Waals surface area contributed by atoms with Gasteiger partial charge in [0, 0.05) is 28.3 Å². The minimum absolute atomic E-state index is 0.0587. The molecule has 0 amide bonds. The molecule has 1 heterocycles. The van der Waals surface area contributed by atoms with Crippen LogP contribution < -0.4 is 0 Å². The lowest BCUT2D eigenvalue weighted by atomic mass is 10.2. The highest BCUT2D eigenvalue weighted by molar-refractivity contribution is 7.99. The molecule has 92 valence electrons. The smallest absolute Gasteiger partial charge is 0.274 e. The zero-order valence-corrected chi connectivity index (χ0v) is 10.1. The number of rotatable bonds is 4. The number of hydrogen-bond donors (Lipinski definition) is 1. The van der Waals surface area contributed by atoms with E-state index >= 15 is 0 Å². The molecule has 0 spiro atoms. The molecule has 1 aromatic carbocycles. The van der Waals surface area contributed by atoms with Gasteiger partial charge in [-0.25, -0.2) is 0 Å². The van der Waals surface area contributed by atoms with Crippen molar-refractivity contribution in [3.05, 3.63) is 58.4 Å². The first-order valence-electron chi connectivity index (χ1n) is 5.17. The number of nitro benzene ring substituents is 1. The summed E-state index contributed by atoms with van der Waals surface area (Å²) < 4.78 is 0. The van der Waals surface area contributed by atoms with Crippen LogP contribution in [0.2, 0.25) is 0 Å². The Labute approximate surface area is 108 Å². The molecule has 0 saturated heterocycles. The van der Waals surface area contributed by atoms with Gasteiger partial charge in [0.2, 0.25) is 0 Å². The Morgan fingerprint density at radius 2 is 1.94 bits per heavy atom. The lowest BCUT2D eigenvalue weighted by Crippen LogP contribution is -1.95. The highest BCUT2D eigenvalue weighted by Crippen LogP contribution is 2.30. The molecule has 0 unspecified atom stereocenters. The minimum Gasteiger partial charge on any atom is -0.391 e. The predicted octanol–water partition coefficient (Wildman–Crippen LogP) is 2.63. The quantitative estimate of drug-likeness (QED) is 0.677. The van der Waals surface area contributed by atoms with Gasteiger partial charge in [0.1, 0.15) is 0 Å². The largest absolute Gasteiger partial charge is 0.391 e. The van der Waals surface area contributed by atoms with Crippen LogP contribution in [0.5, 0.6) is 0 Å². The van der Waals surface area contributed by atoms with E-state index in [0.29, 0.717) is 5.56 Å². The Morgan fingerprint density at radius 3 is 2.56 bits per heavy atom. The van der Waals surface area contributed by atoms with E-state index in [2.05, 4.69) is 4.98 Å². The summed E-state index contributed by atoms with van der Waals surface area (Å²) in [4.78, 5) is 16.0. The van der Waals surface area contributed by atoms with Crippen molar-refractivity contribution in [2.45, 2.75) is 16.4 Å². The topological polar surface area (TPSA) is 76.3 Å². The molecule has 1 N–H and O–H groups in total. The van der Waals surface area contributed by atoms with Crippen molar-refractivity contribution in [1.29, 1.82) is 0 Å². The number of aliphatic hydroxyl groups excluding tert-OH is 1. The highest BCUT2D eigenvalue weighted by atomic mass is 32.2. The number of pyridine rings is 1. The zero-order chi connectivity index (χ0) is 13.0. The van der Waals surface area contributed by atoms with E-state index in [0.717, 1.165) is 9.79 Å². The van der Waals surface area contributed by atoms with Crippen LogP contribution in [0.25, 0.3) is 0 Å². The maximum Gasteiger partial charge on any atom is 0.274 e. The van der Waals surface area contributed by atoms with Crippen LogP contribution in [0.4, 0.5) is 5.69 Å². The van der Waals surface area contributed by atoms with Crippen LogP contribution in [-0.4, -0.2) is 15.0 Å². The standard InChI is InChI=1S/C12H10N2O3S/c15-8-9-7-11(1-2-12(9)14(16)17)18-10-3-5-13-6-4-10/h1-7,15H,8H2. The second-order valence-corrected chi connectivity index (χ2v) is 4.64. The number of aliphatic hydroxyl groups is 1. The molecule has 18 heavy (non-hydrogen) atoms. The van der Waals surface area contributed by atoms with Gasteiger partial charge in [-0.2, -0.15) is 0 Å². The van der Waals surface area contributed by atoms with E-state index in [1.54, 1.807) is 24.5 Å². The van der Waals surface area contributed by atoms with Gasteiger partial charge >= 0.3 is 0 Å². The van der Waals surface area contributed by atoms with Gasteiger partial charge in [0.05, 0.1) is 17.1 Å². The maximum absolute atomic E-state index is 10.7. The van der Waals surface area contributed by atoms with Crippen molar-refractivity contribution in [2.75, 3.05) is 0 Å². The molecule has 0 saturated carbocycles. The van der Waals surface area contributed by atoms with E-state index in [-0.39, 0.29) is 12.3 Å². The van der Waals surface area contributed by atoms with E-state index < -0.39 is 4.92 Å². The molecule has 1 aromatic heterocycles. The first kappa shape index (κ1) is 12.5. The lowest BCUT2D eigenvalue weighted by molar-refractivity contribution is -0.385. The number of aromatic nitrogens is 1. The number of nitrogens with zero attached hydrogens (tertiary/aromatic N) is 2. The van der Waals surface area contributed by atoms with Gasteiger partial charge in [-0.3, -0.25) is 15.1 Å². The fraction of sp³-hybridized carbons (Fsp3) is 0.0833. The SMILES string of the molecule is O=[N+]([O-])c1ccc(Sc2ccncc2)cc1CO. The maximum atomic E-state index is 10.7. The van der Waals surface area contributed by atoms with Gasteiger partial charge in [-0.1, -0.05) is 11.8 Å². The Bertz CT molecular complexity index is 561. The van der Waals surface area contributed by atoms with Crippen LogP contribution in [0.15, 0.2) is 52.5 Å². The first-order chi connectivity index (χ1) is 8.70. The summed E-state index contributed by atoms with van der Waals surface area (Å²) >= 11 is 1.46. The van der Waals surface area contributed by atoms with Crippen molar-refractivity contribution < 1.29 is 10.0 Å². The van der Waals surface area contributed by atoms with Crippen molar-refractivity contribution in [1.82, 2.24) is 4.98 Å². The fourth-order valence-corrected chi connectivity index (χ4v) is 2.34. The molecule has 2 rings (SSSR count). The highest BCUT2D eigenvalue weighted by Gasteiger charge is 2.13. The Hall–Kier alpha value is -1.92. The molecule has 0 fully saturated rings. The van der Waals surface area contributed by atoms with Gasteiger partial charge < -0.3 is 5.11 Å². The lowest BCUT2D eigenvalue weighted by Gasteiger charge is -2.04. The zero-order valence-electron chi connectivity index (χ0n) is 9.31. The summed E-state index contributed by atoms with van der Waals surface area (Å²) in [6.07, 6.45) is 3.36. The average Bonchev–Trinajstić information content (AvgIpc) is 2.39. The summed E-state index contributed by atoms with van der Waals surface area (Å²) in [6.45, 7) is -0.346. The van der Waals surface area contributed by atoms with Crippen molar-refractivity contribution in [3.8, 4) is 0 Å². The summed E-state index contributed by atoms with van der Waals surface area (Å²) in [5, 5.41) is 19.9. The molecule has 0 aliphatic rings. The monoisotopic (exact) mass is 262 g/mol. The Balaban J connectivity index is 2.28. The van der Waals surface area contributed by atoms with E-state index in [9.17, 15) is 10.1 Å². The van der Waals surface area contributed by atoms with Crippen molar-refractivity contribution in [3.63, 3.8) is 0 Å². The molecule has 0 aliphatic heterocycles. The average molecular weight is 262 g/mol. The molecule has 0 bridgehead atoms. The second-order valence-electron chi connectivity index (χ2n) is 3.49. The van der Waals surface area contributed by atoms with Gasteiger partial charge in [0.25, 0.3) is 5.69 Å². The molecule has 5 nitrogen and oxygen atoms in total. The third-order valence-corrected chi connectivity index (χ3v) is 3.30. The third kappa shape index (κ3) is 2.85. The van der Waals surface area contributed by atoms with E-state index in [4.69, 9.17) is 5.11 Å². The van der Waals surface area contributed by atoms with Crippen LogP contribution in [0.3, 0.4) is 0 Å². The molecule has 2 aromatic rings. The summed E-state index contributed by atoms with van der Waals surface area (Å²) in [7, 11) is 0. The van der Waals surface area contributed by atoms with Crippen molar-refractivity contribution >= 4 is 17.4 Å². The van der Waals surface area contributed by atoms with Crippen LogP contribution >= 0.6 is 11.8 Å². The van der Waals surface area contributed by atoms with Crippen molar-refractivity contribution in [2.24, 2.45) is 0 Å². The summed E-state index contributed by atoms with van der Waals surface area (Å²) in [5.41, 5.74) is 0.260. The molecule has 0 atom stereocenters. The first-order valence-corrected chi connectivity index (χ1v) is 5.98. The van der Waals surface area contributed by atoms with Gasteiger partial charge in [-0.05, 0) is 24.3 Å².